The number of halogens is 1. The molecule has 1 aliphatic rings. The van der Waals surface area contributed by atoms with Crippen LogP contribution >= 0.6 is 24.0 Å². The molecular formula is C18H27IN6. The fourth-order valence-corrected chi connectivity index (χ4v) is 3.20. The van der Waals surface area contributed by atoms with E-state index < -0.39 is 0 Å². The molecule has 0 atom stereocenters. The Balaban J connectivity index is 0.00000225. The van der Waals surface area contributed by atoms with Crippen molar-refractivity contribution in [2.75, 3.05) is 13.6 Å². The first-order valence-corrected chi connectivity index (χ1v) is 8.49. The summed E-state index contributed by atoms with van der Waals surface area (Å²) in [5.41, 5.74) is 1.66. The Kier molecular flexibility index (Phi) is 6.80. The maximum atomic E-state index is 4.33. The van der Waals surface area contributed by atoms with Crippen molar-refractivity contribution in [3.63, 3.8) is 0 Å². The van der Waals surface area contributed by atoms with E-state index in [0.717, 1.165) is 24.2 Å². The maximum Gasteiger partial charge on any atom is 0.191 e. The molecule has 6 nitrogen and oxygen atoms in total. The Bertz CT molecular complexity index is 706. The minimum absolute atomic E-state index is 0. The topological polar surface area (TPSA) is 67.1 Å². The Labute approximate surface area is 166 Å². The first kappa shape index (κ1) is 19.7. The molecule has 0 bridgehead atoms. The molecule has 0 radical (unpaired) electrons. The molecule has 1 aliphatic carbocycles. The highest BCUT2D eigenvalue weighted by atomic mass is 127. The molecule has 25 heavy (non-hydrogen) atoms. The second-order valence-electron chi connectivity index (χ2n) is 6.50. The monoisotopic (exact) mass is 454 g/mol. The van der Waals surface area contributed by atoms with Crippen molar-refractivity contribution in [3.05, 3.63) is 47.5 Å². The molecule has 1 aromatic carbocycles. The van der Waals surface area contributed by atoms with Gasteiger partial charge in [0, 0.05) is 26.1 Å². The molecule has 1 heterocycles. The van der Waals surface area contributed by atoms with Gasteiger partial charge in [0.2, 0.25) is 0 Å². The van der Waals surface area contributed by atoms with E-state index in [2.05, 4.69) is 56.2 Å². The van der Waals surface area contributed by atoms with Crippen LogP contribution in [0.4, 0.5) is 0 Å². The molecule has 1 fully saturated rings. The summed E-state index contributed by atoms with van der Waals surface area (Å²) in [7, 11) is 3.77. The fraction of sp³-hybridized carbons (Fsp3) is 0.500. The van der Waals surface area contributed by atoms with Gasteiger partial charge >= 0.3 is 0 Å². The zero-order valence-electron chi connectivity index (χ0n) is 15.1. The van der Waals surface area contributed by atoms with Crippen LogP contribution in [0.2, 0.25) is 0 Å². The zero-order valence-corrected chi connectivity index (χ0v) is 17.4. The van der Waals surface area contributed by atoms with Crippen LogP contribution in [0.1, 0.15) is 36.5 Å². The molecule has 0 aliphatic heterocycles. The summed E-state index contributed by atoms with van der Waals surface area (Å²) in [6, 6.07) is 10.8. The quantitative estimate of drug-likeness (QED) is 0.414. The van der Waals surface area contributed by atoms with Crippen LogP contribution in [0.5, 0.6) is 0 Å². The smallest absolute Gasteiger partial charge is 0.191 e. The minimum atomic E-state index is 0. The molecule has 0 saturated heterocycles. The predicted octanol–water partition coefficient (Wildman–Crippen LogP) is 2.53. The van der Waals surface area contributed by atoms with Crippen molar-refractivity contribution >= 4 is 29.9 Å². The molecule has 7 heteroatoms. The molecule has 2 N–H and O–H groups in total. The van der Waals surface area contributed by atoms with E-state index >= 15 is 0 Å². The number of nitrogens with one attached hydrogen (secondary N) is 2. The van der Waals surface area contributed by atoms with E-state index in [1.165, 1.54) is 24.8 Å². The Hall–Kier alpha value is -1.64. The summed E-state index contributed by atoms with van der Waals surface area (Å²) in [6.07, 6.45) is 3.74. The standard InChI is InChI=1S/C18H26N6.HI/c1-14-22-23-16(24(14)3)12-20-17(19-2)21-13-18(10-7-11-18)15-8-5-4-6-9-15;/h4-6,8-9H,7,10-13H2,1-3H3,(H2,19,20,21);1H. The van der Waals surface area contributed by atoms with Crippen molar-refractivity contribution in [1.29, 1.82) is 0 Å². The highest BCUT2D eigenvalue weighted by molar-refractivity contribution is 14.0. The lowest BCUT2D eigenvalue weighted by atomic mass is 9.64. The van der Waals surface area contributed by atoms with Crippen LogP contribution in [0.15, 0.2) is 35.3 Å². The third-order valence-corrected chi connectivity index (χ3v) is 5.11. The van der Waals surface area contributed by atoms with Crippen molar-refractivity contribution in [3.8, 4) is 0 Å². The number of aliphatic imine (C=N–C) groups is 1. The van der Waals surface area contributed by atoms with Gasteiger partial charge in [0.15, 0.2) is 11.8 Å². The number of aromatic nitrogens is 3. The van der Waals surface area contributed by atoms with Crippen LogP contribution in [-0.2, 0) is 19.0 Å². The molecular weight excluding hydrogens is 427 g/mol. The van der Waals surface area contributed by atoms with Gasteiger partial charge in [0.25, 0.3) is 0 Å². The van der Waals surface area contributed by atoms with Gasteiger partial charge in [-0.05, 0) is 25.3 Å². The number of aryl methyl sites for hydroxylation is 1. The van der Waals surface area contributed by atoms with Crippen molar-refractivity contribution in [2.45, 2.75) is 38.1 Å². The van der Waals surface area contributed by atoms with E-state index in [-0.39, 0.29) is 29.4 Å². The van der Waals surface area contributed by atoms with Crippen LogP contribution in [0.3, 0.4) is 0 Å². The summed E-state index contributed by atoms with van der Waals surface area (Å²) in [5.74, 6) is 2.61. The number of guanidine groups is 1. The van der Waals surface area contributed by atoms with Crippen molar-refractivity contribution in [2.24, 2.45) is 12.0 Å². The van der Waals surface area contributed by atoms with Crippen molar-refractivity contribution < 1.29 is 0 Å². The van der Waals surface area contributed by atoms with Gasteiger partial charge in [0.05, 0.1) is 6.54 Å². The molecule has 136 valence electrons. The number of hydrogen-bond acceptors (Lipinski definition) is 3. The van der Waals surface area contributed by atoms with Crippen LogP contribution < -0.4 is 10.6 Å². The lowest BCUT2D eigenvalue weighted by Crippen LogP contribution is -2.48. The second kappa shape index (κ2) is 8.64. The molecule has 1 saturated carbocycles. The van der Waals surface area contributed by atoms with E-state index in [1.54, 1.807) is 7.05 Å². The Morgan fingerprint density at radius 3 is 2.44 bits per heavy atom. The average molecular weight is 454 g/mol. The summed E-state index contributed by atoms with van der Waals surface area (Å²) >= 11 is 0. The van der Waals surface area contributed by atoms with Gasteiger partial charge in [-0.15, -0.1) is 34.2 Å². The summed E-state index contributed by atoms with van der Waals surface area (Å²) in [5, 5.41) is 15.1. The van der Waals surface area contributed by atoms with E-state index in [4.69, 9.17) is 0 Å². The predicted molar refractivity (Wildman–Crippen MR) is 111 cm³/mol. The lowest BCUT2D eigenvalue weighted by molar-refractivity contribution is 0.244. The van der Waals surface area contributed by atoms with Crippen LogP contribution in [-0.4, -0.2) is 34.3 Å². The number of nitrogens with zero attached hydrogens (tertiary/aromatic N) is 4. The molecule has 2 aromatic rings. The fourth-order valence-electron chi connectivity index (χ4n) is 3.20. The number of hydrogen-bond donors (Lipinski definition) is 2. The molecule has 0 spiro atoms. The zero-order chi connectivity index (χ0) is 17.0. The third kappa shape index (κ3) is 4.31. The second-order valence-corrected chi connectivity index (χ2v) is 6.50. The van der Waals surface area contributed by atoms with E-state index in [0.29, 0.717) is 6.54 Å². The van der Waals surface area contributed by atoms with Gasteiger partial charge in [-0.25, -0.2) is 0 Å². The van der Waals surface area contributed by atoms with Gasteiger partial charge in [0.1, 0.15) is 5.82 Å². The normalized spacial score (nSPS) is 15.9. The number of rotatable bonds is 5. The first-order chi connectivity index (χ1) is 11.6. The Morgan fingerprint density at radius 2 is 1.92 bits per heavy atom. The largest absolute Gasteiger partial charge is 0.356 e. The van der Waals surface area contributed by atoms with E-state index in [9.17, 15) is 0 Å². The SMILES string of the molecule is CN=C(NCc1nnc(C)n1C)NCC1(c2ccccc2)CCC1.I. The van der Waals surface area contributed by atoms with Crippen LogP contribution in [0.25, 0.3) is 0 Å². The third-order valence-electron chi connectivity index (χ3n) is 5.11. The van der Waals surface area contributed by atoms with Gasteiger partial charge in [-0.2, -0.15) is 0 Å². The number of benzene rings is 1. The molecule has 1 aromatic heterocycles. The van der Waals surface area contributed by atoms with Gasteiger partial charge in [-0.1, -0.05) is 36.8 Å². The maximum absolute atomic E-state index is 4.33. The first-order valence-electron chi connectivity index (χ1n) is 8.49. The highest BCUT2D eigenvalue weighted by Gasteiger charge is 2.38. The Morgan fingerprint density at radius 1 is 1.20 bits per heavy atom. The van der Waals surface area contributed by atoms with Gasteiger partial charge in [-0.3, -0.25) is 4.99 Å². The minimum Gasteiger partial charge on any atom is -0.356 e. The summed E-state index contributed by atoms with van der Waals surface area (Å²) in [6.45, 7) is 3.45. The molecule has 0 amide bonds. The molecule has 0 unspecified atom stereocenters. The molecule has 3 rings (SSSR count). The van der Waals surface area contributed by atoms with Crippen molar-refractivity contribution in [1.82, 2.24) is 25.4 Å². The van der Waals surface area contributed by atoms with Gasteiger partial charge < -0.3 is 15.2 Å². The van der Waals surface area contributed by atoms with E-state index in [1.807, 2.05) is 18.5 Å². The summed E-state index contributed by atoms with van der Waals surface area (Å²) in [4.78, 5) is 4.33. The highest BCUT2D eigenvalue weighted by Crippen LogP contribution is 2.43. The average Bonchev–Trinajstić information content (AvgIpc) is 2.89. The lowest BCUT2D eigenvalue weighted by Gasteiger charge is -2.43. The summed E-state index contributed by atoms with van der Waals surface area (Å²) < 4.78 is 1.98. The van der Waals surface area contributed by atoms with Crippen LogP contribution in [0, 0.1) is 6.92 Å².